The third-order valence-corrected chi connectivity index (χ3v) is 5.55. The Morgan fingerprint density at radius 2 is 2.04 bits per heavy atom. The van der Waals surface area contributed by atoms with Crippen LogP contribution in [-0.2, 0) is 6.42 Å². The number of nitrogens with zero attached hydrogens (tertiary/aromatic N) is 2. The van der Waals surface area contributed by atoms with E-state index in [-0.39, 0.29) is 0 Å². The van der Waals surface area contributed by atoms with Gasteiger partial charge in [-0.25, -0.2) is 4.68 Å². The summed E-state index contributed by atoms with van der Waals surface area (Å²) in [6.45, 7) is 0.928. The van der Waals surface area contributed by atoms with Crippen molar-refractivity contribution in [1.29, 1.82) is 0 Å². The molecule has 0 radical (unpaired) electrons. The van der Waals surface area contributed by atoms with Gasteiger partial charge in [-0.05, 0) is 43.5 Å². The standard InChI is InChI=1S/C20H19BrClN3O/c1-26-18-10-9-13(22)12-17(18)25-20-15(7-4-5-11-23-20)19(24-25)14-6-2-3-8-16(14)21/h2-3,6,8-10,12,23H,4-5,7,11H2,1H3. The van der Waals surface area contributed by atoms with E-state index < -0.39 is 0 Å². The molecule has 134 valence electrons. The van der Waals surface area contributed by atoms with E-state index in [0.29, 0.717) is 5.02 Å². The van der Waals surface area contributed by atoms with Crippen LogP contribution >= 0.6 is 27.5 Å². The monoisotopic (exact) mass is 431 g/mol. The third kappa shape index (κ3) is 3.10. The van der Waals surface area contributed by atoms with E-state index in [9.17, 15) is 0 Å². The van der Waals surface area contributed by atoms with Gasteiger partial charge in [-0.15, -0.1) is 0 Å². The maximum absolute atomic E-state index is 6.26. The van der Waals surface area contributed by atoms with Crippen molar-refractivity contribution in [3.63, 3.8) is 0 Å². The number of ether oxygens (including phenoxy) is 1. The fourth-order valence-electron chi connectivity index (χ4n) is 3.37. The molecule has 0 fully saturated rings. The van der Waals surface area contributed by atoms with Gasteiger partial charge < -0.3 is 10.1 Å². The van der Waals surface area contributed by atoms with E-state index in [1.165, 1.54) is 5.56 Å². The van der Waals surface area contributed by atoms with Crippen molar-refractivity contribution in [3.8, 4) is 22.7 Å². The van der Waals surface area contributed by atoms with Crippen LogP contribution < -0.4 is 10.1 Å². The number of benzene rings is 2. The van der Waals surface area contributed by atoms with Crippen molar-refractivity contribution in [2.24, 2.45) is 0 Å². The number of nitrogens with one attached hydrogen (secondary N) is 1. The van der Waals surface area contributed by atoms with Gasteiger partial charge in [-0.3, -0.25) is 0 Å². The normalized spacial score (nSPS) is 13.7. The molecule has 1 aliphatic heterocycles. The largest absolute Gasteiger partial charge is 0.494 e. The van der Waals surface area contributed by atoms with Crippen LogP contribution in [0.25, 0.3) is 16.9 Å². The first-order chi connectivity index (χ1) is 12.7. The van der Waals surface area contributed by atoms with E-state index in [0.717, 1.165) is 58.8 Å². The summed E-state index contributed by atoms with van der Waals surface area (Å²) in [5.74, 6) is 1.76. The lowest BCUT2D eigenvalue weighted by molar-refractivity contribution is 0.412. The average Bonchev–Trinajstić information content (AvgIpc) is 2.83. The van der Waals surface area contributed by atoms with Gasteiger partial charge in [-0.2, -0.15) is 5.10 Å². The zero-order valence-corrected chi connectivity index (χ0v) is 16.8. The van der Waals surface area contributed by atoms with Crippen molar-refractivity contribution in [3.05, 3.63) is 57.5 Å². The lowest BCUT2D eigenvalue weighted by Gasteiger charge is -2.13. The van der Waals surface area contributed by atoms with E-state index in [4.69, 9.17) is 21.4 Å². The Bertz CT molecular complexity index is 954. The molecule has 0 bridgehead atoms. The molecular formula is C20H19BrClN3O. The highest BCUT2D eigenvalue weighted by atomic mass is 79.9. The second-order valence-corrected chi connectivity index (χ2v) is 7.56. The average molecular weight is 433 g/mol. The number of aromatic nitrogens is 2. The van der Waals surface area contributed by atoms with Crippen LogP contribution in [0.1, 0.15) is 18.4 Å². The van der Waals surface area contributed by atoms with Crippen LogP contribution in [0.4, 0.5) is 5.82 Å². The molecular weight excluding hydrogens is 414 g/mol. The Morgan fingerprint density at radius 1 is 1.19 bits per heavy atom. The Morgan fingerprint density at radius 3 is 2.85 bits per heavy atom. The summed E-state index contributed by atoms with van der Waals surface area (Å²) in [7, 11) is 1.66. The number of methoxy groups -OCH3 is 1. The zero-order chi connectivity index (χ0) is 18.1. The summed E-state index contributed by atoms with van der Waals surface area (Å²) in [6, 6.07) is 13.8. The molecule has 4 rings (SSSR count). The zero-order valence-electron chi connectivity index (χ0n) is 14.4. The van der Waals surface area contributed by atoms with Gasteiger partial charge in [0.1, 0.15) is 17.3 Å². The molecule has 3 aromatic rings. The lowest BCUT2D eigenvalue weighted by atomic mass is 10.0. The summed E-state index contributed by atoms with van der Waals surface area (Å²) < 4.78 is 8.53. The second-order valence-electron chi connectivity index (χ2n) is 6.27. The van der Waals surface area contributed by atoms with Gasteiger partial charge >= 0.3 is 0 Å². The number of fused-ring (bicyclic) bond motifs is 1. The molecule has 0 unspecified atom stereocenters. The summed E-state index contributed by atoms with van der Waals surface area (Å²) in [4.78, 5) is 0. The Hall–Kier alpha value is -1.98. The van der Waals surface area contributed by atoms with Crippen LogP contribution in [0.15, 0.2) is 46.9 Å². The summed E-state index contributed by atoms with van der Waals surface area (Å²) in [5.41, 5.74) is 4.15. The van der Waals surface area contributed by atoms with E-state index in [1.807, 2.05) is 41.1 Å². The quantitative estimate of drug-likeness (QED) is 0.576. The molecule has 0 amide bonds. The molecule has 1 N–H and O–H groups in total. The van der Waals surface area contributed by atoms with E-state index in [1.54, 1.807) is 7.11 Å². The molecule has 4 nitrogen and oxygen atoms in total. The summed E-state index contributed by atoms with van der Waals surface area (Å²) in [5, 5.41) is 9.18. The first-order valence-electron chi connectivity index (χ1n) is 8.63. The minimum Gasteiger partial charge on any atom is -0.494 e. The predicted octanol–water partition coefficient (Wildman–Crippen LogP) is 5.71. The number of anilines is 1. The molecule has 1 aromatic heterocycles. The highest BCUT2D eigenvalue weighted by molar-refractivity contribution is 9.10. The third-order valence-electron chi connectivity index (χ3n) is 4.63. The van der Waals surface area contributed by atoms with Crippen LogP contribution in [0.5, 0.6) is 5.75 Å². The molecule has 0 aliphatic carbocycles. The van der Waals surface area contributed by atoms with Crippen LogP contribution in [0, 0.1) is 0 Å². The van der Waals surface area contributed by atoms with E-state index >= 15 is 0 Å². The topological polar surface area (TPSA) is 39.1 Å². The smallest absolute Gasteiger partial charge is 0.144 e. The van der Waals surface area contributed by atoms with Gasteiger partial charge in [-0.1, -0.05) is 45.7 Å². The van der Waals surface area contributed by atoms with Crippen molar-refractivity contribution in [1.82, 2.24) is 9.78 Å². The van der Waals surface area contributed by atoms with E-state index in [2.05, 4.69) is 27.3 Å². The Labute approximate surface area is 166 Å². The number of hydrogen-bond acceptors (Lipinski definition) is 3. The highest BCUT2D eigenvalue weighted by Gasteiger charge is 2.24. The van der Waals surface area contributed by atoms with Gasteiger partial charge in [0.25, 0.3) is 0 Å². The predicted molar refractivity (Wildman–Crippen MR) is 110 cm³/mol. The minimum absolute atomic E-state index is 0.654. The van der Waals surface area contributed by atoms with Crippen molar-refractivity contribution in [2.75, 3.05) is 19.0 Å². The molecule has 2 aromatic carbocycles. The molecule has 1 aliphatic rings. The molecule has 0 saturated carbocycles. The minimum atomic E-state index is 0.654. The lowest BCUT2D eigenvalue weighted by Crippen LogP contribution is -2.08. The molecule has 0 spiro atoms. The van der Waals surface area contributed by atoms with Crippen molar-refractivity contribution >= 4 is 33.3 Å². The van der Waals surface area contributed by atoms with Crippen LogP contribution in [0.2, 0.25) is 5.02 Å². The maximum Gasteiger partial charge on any atom is 0.144 e. The van der Waals surface area contributed by atoms with Crippen molar-refractivity contribution < 1.29 is 4.74 Å². The van der Waals surface area contributed by atoms with Crippen LogP contribution in [-0.4, -0.2) is 23.4 Å². The second kappa shape index (κ2) is 7.33. The Kier molecular flexibility index (Phi) is 4.92. The number of hydrogen-bond donors (Lipinski definition) is 1. The fourth-order valence-corrected chi connectivity index (χ4v) is 4.01. The summed E-state index contributed by atoms with van der Waals surface area (Å²) >= 11 is 9.93. The Balaban J connectivity index is 1.97. The first kappa shape index (κ1) is 17.4. The maximum atomic E-state index is 6.26. The first-order valence-corrected chi connectivity index (χ1v) is 9.80. The molecule has 0 atom stereocenters. The summed E-state index contributed by atoms with van der Waals surface area (Å²) in [6.07, 6.45) is 3.26. The molecule has 6 heteroatoms. The molecule has 0 saturated heterocycles. The fraction of sp³-hybridized carbons (Fsp3) is 0.250. The van der Waals surface area contributed by atoms with Gasteiger partial charge in [0, 0.05) is 27.2 Å². The number of halogens is 2. The molecule has 26 heavy (non-hydrogen) atoms. The van der Waals surface area contributed by atoms with Gasteiger partial charge in [0.2, 0.25) is 0 Å². The number of rotatable bonds is 3. The van der Waals surface area contributed by atoms with Crippen LogP contribution in [0.3, 0.4) is 0 Å². The highest BCUT2D eigenvalue weighted by Crippen LogP contribution is 2.38. The molecule has 2 heterocycles. The SMILES string of the molecule is COc1ccc(Cl)cc1-n1nc(-c2ccccc2Br)c2c1NCCCC2. The van der Waals surface area contributed by atoms with Gasteiger partial charge in [0.15, 0.2) is 0 Å². The van der Waals surface area contributed by atoms with Crippen molar-refractivity contribution in [2.45, 2.75) is 19.3 Å². The van der Waals surface area contributed by atoms with Gasteiger partial charge in [0.05, 0.1) is 12.8 Å².